The van der Waals surface area contributed by atoms with Gasteiger partial charge in [0.15, 0.2) is 16.6 Å². The number of rotatable bonds is 7. The zero-order valence-corrected chi connectivity index (χ0v) is 22.2. The Morgan fingerprint density at radius 3 is 2.59 bits per heavy atom. The molecule has 2 aliphatic heterocycles. The summed E-state index contributed by atoms with van der Waals surface area (Å²) in [6.45, 7) is 7.98. The highest BCUT2D eigenvalue weighted by Crippen LogP contribution is 2.44. The molecule has 39 heavy (non-hydrogen) atoms. The molecule has 1 amide bonds. The van der Waals surface area contributed by atoms with E-state index in [0.29, 0.717) is 41.5 Å². The van der Waals surface area contributed by atoms with Crippen LogP contribution in [0.25, 0.3) is 5.76 Å². The highest BCUT2D eigenvalue weighted by atomic mass is 32.1. The lowest BCUT2D eigenvalue weighted by molar-refractivity contribution is -0.132. The number of esters is 1. The number of aliphatic hydroxyl groups excluding tert-OH is 1. The fourth-order valence-electron chi connectivity index (χ4n) is 4.50. The number of aryl methyl sites for hydroxylation is 2. The van der Waals surface area contributed by atoms with E-state index in [1.54, 1.807) is 25.1 Å². The Bertz CT molecular complexity index is 1510. The van der Waals surface area contributed by atoms with Crippen LogP contribution in [0.15, 0.2) is 60.7 Å². The number of ketones is 1. The first-order chi connectivity index (χ1) is 18.8. The predicted molar refractivity (Wildman–Crippen MR) is 145 cm³/mol. The number of benzene rings is 2. The van der Waals surface area contributed by atoms with Gasteiger partial charge in [0.05, 0.1) is 17.3 Å². The van der Waals surface area contributed by atoms with Gasteiger partial charge in [-0.05, 0) is 42.7 Å². The van der Waals surface area contributed by atoms with E-state index in [9.17, 15) is 19.5 Å². The van der Waals surface area contributed by atoms with E-state index in [2.05, 4.69) is 11.6 Å². The molecule has 1 atom stereocenters. The third-order valence-electron chi connectivity index (χ3n) is 6.47. The van der Waals surface area contributed by atoms with Crippen LogP contribution >= 0.6 is 11.3 Å². The Morgan fingerprint density at radius 2 is 1.90 bits per heavy atom. The molecule has 200 valence electrons. The van der Waals surface area contributed by atoms with E-state index in [1.165, 1.54) is 11.0 Å². The van der Waals surface area contributed by atoms with Crippen LogP contribution in [0.5, 0.6) is 11.5 Å². The molecule has 9 nitrogen and oxygen atoms in total. The summed E-state index contributed by atoms with van der Waals surface area (Å²) in [6, 6.07) is 11.3. The number of ether oxygens (including phenoxy) is 3. The van der Waals surface area contributed by atoms with E-state index in [-0.39, 0.29) is 27.9 Å². The molecule has 1 unspecified atom stereocenters. The van der Waals surface area contributed by atoms with Crippen molar-refractivity contribution < 1.29 is 33.7 Å². The summed E-state index contributed by atoms with van der Waals surface area (Å²) in [6.07, 6.45) is 2.26. The largest absolute Gasteiger partial charge is 0.507 e. The van der Waals surface area contributed by atoms with Crippen molar-refractivity contribution in [3.63, 3.8) is 0 Å². The van der Waals surface area contributed by atoms with Crippen molar-refractivity contribution >= 4 is 39.9 Å². The molecule has 2 aromatic carbocycles. The topological polar surface area (TPSA) is 115 Å². The molecule has 1 N–H and O–H groups in total. The number of hydrogen-bond donors (Lipinski definition) is 1. The van der Waals surface area contributed by atoms with Crippen LogP contribution in [-0.2, 0) is 20.7 Å². The summed E-state index contributed by atoms with van der Waals surface area (Å²) in [5.74, 6) is -1.72. The third-order valence-corrected chi connectivity index (χ3v) is 7.61. The summed E-state index contributed by atoms with van der Waals surface area (Å²) in [5, 5.41) is 11.6. The number of anilines is 1. The Balaban J connectivity index is 1.64. The van der Waals surface area contributed by atoms with Gasteiger partial charge in [-0.15, -0.1) is 0 Å². The number of hydrogen-bond acceptors (Lipinski definition) is 9. The first kappa shape index (κ1) is 26.2. The fraction of sp³-hybridized carbons (Fsp3) is 0.241. The molecule has 0 spiro atoms. The van der Waals surface area contributed by atoms with E-state index < -0.39 is 23.7 Å². The molecular formula is C29H26N2O7S. The fourth-order valence-corrected chi connectivity index (χ4v) is 5.49. The Kier molecular flexibility index (Phi) is 7.21. The van der Waals surface area contributed by atoms with E-state index >= 15 is 0 Å². The van der Waals surface area contributed by atoms with Gasteiger partial charge in [-0.1, -0.05) is 55.2 Å². The molecule has 1 fully saturated rings. The van der Waals surface area contributed by atoms with Gasteiger partial charge in [0, 0.05) is 5.56 Å². The van der Waals surface area contributed by atoms with Crippen molar-refractivity contribution in [2.45, 2.75) is 26.3 Å². The quantitative estimate of drug-likeness (QED) is 0.148. The molecule has 10 heteroatoms. The van der Waals surface area contributed by atoms with E-state index in [1.807, 2.05) is 31.2 Å². The van der Waals surface area contributed by atoms with Crippen molar-refractivity contribution in [1.82, 2.24) is 4.98 Å². The second-order valence-electron chi connectivity index (χ2n) is 8.92. The minimum absolute atomic E-state index is 0.0231. The first-order valence-corrected chi connectivity index (χ1v) is 13.2. The lowest BCUT2D eigenvalue weighted by atomic mass is 9.94. The maximum atomic E-state index is 13.5. The summed E-state index contributed by atoms with van der Waals surface area (Å²) in [7, 11) is 0. The van der Waals surface area contributed by atoms with Crippen molar-refractivity contribution in [1.29, 1.82) is 0 Å². The molecule has 0 bridgehead atoms. The molecule has 2 aliphatic rings. The van der Waals surface area contributed by atoms with Crippen LogP contribution in [-0.4, -0.2) is 47.6 Å². The average Bonchev–Trinajstić information content (AvgIpc) is 3.47. The Labute approximate surface area is 229 Å². The summed E-state index contributed by atoms with van der Waals surface area (Å²) >= 11 is 0.948. The van der Waals surface area contributed by atoms with E-state index in [0.717, 1.165) is 23.3 Å². The number of thiazole rings is 1. The highest BCUT2D eigenvalue weighted by molar-refractivity contribution is 7.17. The van der Waals surface area contributed by atoms with Gasteiger partial charge in [-0.25, -0.2) is 9.78 Å². The lowest BCUT2D eigenvalue weighted by Crippen LogP contribution is -2.29. The third kappa shape index (κ3) is 4.79. The molecule has 0 aliphatic carbocycles. The van der Waals surface area contributed by atoms with Crippen LogP contribution in [0, 0.1) is 6.92 Å². The van der Waals surface area contributed by atoms with Crippen molar-refractivity contribution in [3.05, 3.63) is 88.0 Å². The van der Waals surface area contributed by atoms with Crippen molar-refractivity contribution in [2.75, 3.05) is 24.7 Å². The summed E-state index contributed by atoms with van der Waals surface area (Å²) < 4.78 is 16.4. The number of carbonyl (C=O) groups is 3. The van der Waals surface area contributed by atoms with Gasteiger partial charge < -0.3 is 19.3 Å². The van der Waals surface area contributed by atoms with Crippen LogP contribution < -0.4 is 14.4 Å². The molecule has 1 saturated heterocycles. The minimum Gasteiger partial charge on any atom is -0.507 e. The number of nitrogens with zero attached hydrogens (tertiary/aromatic N) is 2. The molecule has 0 radical (unpaired) electrons. The van der Waals surface area contributed by atoms with Crippen LogP contribution in [0.4, 0.5) is 5.13 Å². The zero-order chi connectivity index (χ0) is 27.7. The zero-order valence-electron chi connectivity index (χ0n) is 21.4. The summed E-state index contributed by atoms with van der Waals surface area (Å²) in [4.78, 5) is 45.4. The van der Waals surface area contributed by atoms with Gasteiger partial charge in [0.2, 0.25) is 0 Å². The number of Topliss-reactive ketones (excluding diaryl/α,β-unsaturated/α-hetero) is 1. The molecule has 3 heterocycles. The van der Waals surface area contributed by atoms with Crippen LogP contribution in [0.2, 0.25) is 0 Å². The van der Waals surface area contributed by atoms with Gasteiger partial charge in [-0.2, -0.15) is 0 Å². The second kappa shape index (κ2) is 10.7. The second-order valence-corrected chi connectivity index (χ2v) is 9.90. The number of carbonyl (C=O) groups excluding carboxylic acids is 3. The number of amides is 1. The lowest BCUT2D eigenvalue weighted by Gasteiger charge is -2.23. The SMILES string of the molecule is C=CCOC(=O)c1sc(N2C(=O)C(=O)/C(=C(/O)c3ccc4c(c3)OCCO4)C2c2ccc(CC)cc2)nc1C. The van der Waals surface area contributed by atoms with Crippen molar-refractivity contribution in [3.8, 4) is 11.5 Å². The maximum Gasteiger partial charge on any atom is 0.350 e. The molecule has 1 aromatic heterocycles. The monoisotopic (exact) mass is 546 g/mol. The summed E-state index contributed by atoms with van der Waals surface area (Å²) in [5.41, 5.74) is 2.24. The normalized spacial score (nSPS) is 17.8. The molecule has 3 aromatic rings. The van der Waals surface area contributed by atoms with Gasteiger partial charge in [0.1, 0.15) is 30.5 Å². The van der Waals surface area contributed by atoms with Crippen LogP contribution in [0.1, 0.15) is 45.0 Å². The maximum absolute atomic E-state index is 13.5. The van der Waals surface area contributed by atoms with Gasteiger partial charge in [0.25, 0.3) is 5.78 Å². The predicted octanol–water partition coefficient (Wildman–Crippen LogP) is 4.75. The number of aromatic nitrogens is 1. The average molecular weight is 547 g/mol. The van der Waals surface area contributed by atoms with Crippen molar-refractivity contribution in [2.24, 2.45) is 0 Å². The molecular weight excluding hydrogens is 520 g/mol. The highest BCUT2D eigenvalue weighted by Gasteiger charge is 2.48. The molecule has 5 rings (SSSR count). The van der Waals surface area contributed by atoms with Gasteiger partial charge >= 0.3 is 11.9 Å². The standard InChI is InChI=1S/C29H26N2O7S/c1-4-12-38-28(35)26-16(3)30-29(39-26)31-23(18-8-6-17(5-2)7-9-18)22(25(33)27(31)34)24(32)19-10-11-20-21(15-19)37-14-13-36-20/h4,6-11,15,23,32H,1,5,12-14H2,2-3H3/b24-22+. The first-order valence-electron chi connectivity index (χ1n) is 12.4. The number of fused-ring (bicyclic) bond motifs is 1. The van der Waals surface area contributed by atoms with E-state index in [4.69, 9.17) is 14.2 Å². The Hall–Kier alpha value is -4.44. The molecule has 0 saturated carbocycles. The minimum atomic E-state index is -0.980. The Morgan fingerprint density at radius 1 is 1.18 bits per heavy atom. The smallest absolute Gasteiger partial charge is 0.350 e. The van der Waals surface area contributed by atoms with Crippen LogP contribution in [0.3, 0.4) is 0 Å². The number of aliphatic hydroxyl groups is 1. The van der Waals surface area contributed by atoms with Gasteiger partial charge in [-0.3, -0.25) is 14.5 Å².